The van der Waals surface area contributed by atoms with E-state index in [0.717, 1.165) is 12.1 Å². The van der Waals surface area contributed by atoms with E-state index in [1.807, 2.05) is 0 Å². The molecule has 6 heteroatoms. The maximum absolute atomic E-state index is 13.1. The van der Waals surface area contributed by atoms with Crippen molar-refractivity contribution in [2.45, 2.75) is 18.5 Å². The standard InChI is InChI=1S/C10H7ClF4O/c1-5(11)9(16)6-3-2-4-7(12)8(6)10(13,14)15/h2-5H,1H3. The third-order valence-corrected chi connectivity index (χ3v) is 2.12. The maximum Gasteiger partial charge on any atom is 0.419 e. The van der Waals surface area contributed by atoms with Crippen LogP contribution in [0.4, 0.5) is 17.6 Å². The zero-order chi connectivity index (χ0) is 12.5. The van der Waals surface area contributed by atoms with Crippen molar-refractivity contribution in [3.8, 4) is 0 Å². The lowest BCUT2D eigenvalue weighted by atomic mass is 10.0. The summed E-state index contributed by atoms with van der Waals surface area (Å²) in [7, 11) is 0. The first kappa shape index (κ1) is 13.0. The number of rotatable bonds is 2. The van der Waals surface area contributed by atoms with Gasteiger partial charge in [-0.25, -0.2) is 4.39 Å². The summed E-state index contributed by atoms with van der Waals surface area (Å²) in [6.07, 6.45) is -4.91. The molecule has 0 fully saturated rings. The first-order valence-electron chi connectivity index (χ1n) is 4.29. The number of ketones is 1. The molecular formula is C10H7ClF4O. The van der Waals surface area contributed by atoms with Gasteiger partial charge in [-0.2, -0.15) is 13.2 Å². The first-order valence-corrected chi connectivity index (χ1v) is 4.72. The highest BCUT2D eigenvalue weighted by atomic mass is 35.5. The van der Waals surface area contributed by atoms with Gasteiger partial charge in [0.2, 0.25) is 0 Å². The fraction of sp³-hybridized carbons (Fsp3) is 0.300. The van der Waals surface area contributed by atoms with Crippen LogP contribution in [0, 0.1) is 5.82 Å². The molecule has 0 saturated heterocycles. The Morgan fingerprint density at radius 2 is 1.94 bits per heavy atom. The van der Waals surface area contributed by atoms with Gasteiger partial charge in [0, 0.05) is 5.56 Å². The number of benzene rings is 1. The SMILES string of the molecule is CC(Cl)C(=O)c1cccc(F)c1C(F)(F)F. The quantitative estimate of drug-likeness (QED) is 0.447. The highest BCUT2D eigenvalue weighted by Crippen LogP contribution is 2.34. The summed E-state index contributed by atoms with van der Waals surface area (Å²) in [5, 5.41) is -1.14. The van der Waals surface area contributed by atoms with Gasteiger partial charge in [0.25, 0.3) is 0 Å². The van der Waals surface area contributed by atoms with Crippen molar-refractivity contribution in [1.82, 2.24) is 0 Å². The Morgan fingerprint density at radius 1 is 1.38 bits per heavy atom. The third-order valence-electron chi connectivity index (χ3n) is 1.92. The molecule has 0 aliphatic heterocycles. The Balaban J connectivity index is 3.41. The van der Waals surface area contributed by atoms with E-state index in [2.05, 4.69) is 0 Å². The van der Waals surface area contributed by atoms with Crippen LogP contribution in [0.5, 0.6) is 0 Å². The molecule has 1 unspecified atom stereocenters. The Bertz CT molecular complexity index is 412. The predicted octanol–water partition coefficient (Wildman–Crippen LogP) is 3.65. The van der Waals surface area contributed by atoms with Gasteiger partial charge < -0.3 is 0 Å². The Morgan fingerprint density at radius 3 is 2.38 bits per heavy atom. The highest BCUT2D eigenvalue weighted by Gasteiger charge is 2.38. The van der Waals surface area contributed by atoms with Crippen LogP contribution in [0.3, 0.4) is 0 Å². The fourth-order valence-electron chi connectivity index (χ4n) is 1.23. The number of carbonyl (C=O) groups is 1. The zero-order valence-electron chi connectivity index (χ0n) is 8.11. The fourth-order valence-corrected chi connectivity index (χ4v) is 1.35. The van der Waals surface area contributed by atoms with E-state index >= 15 is 0 Å². The number of halogens is 5. The molecule has 0 bridgehead atoms. The summed E-state index contributed by atoms with van der Waals surface area (Å²) in [6, 6.07) is 2.60. The van der Waals surface area contributed by atoms with Gasteiger partial charge >= 0.3 is 6.18 Å². The van der Waals surface area contributed by atoms with Crippen molar-refractivity contribution in [2.24, 2.45) is 0 Å². The van der Waals surface area contributed by atoms with E-state index < -0.39 is 34.3 Å². The van der Waals surface area contributed by atoms with Gasteiger partial charge in [-0.3, -0.25) is 4.79 Å². The van der Waals surface area contributed by atoms with E-state index in [1.54, 1.807) is 0 Å². The second-order valence-corrected chi connectivity index (χ2v) is 3.80. The van der Waals surface area contributed by atoms with Gasteiger partial charge in [0.05, 0.1) is 5.38 Å². The second-order valence-electron chi connectivity index (χ2n) is 3.14. The van der Waals surface area contributed by atoms with Crippen LogP contribution >= 0.6 is 11.6 Å². The summed E-state index contributed by atoms with van der Waals surface area (Å²) >= 11 is 5.40. The Labute approximate surface area is 94.0 Å². The van der Waals surface area contributed by atoms with E-state index in [0.29, 0.717) is 6.07 Å². The molecule has 88 valence electrons. The van der Waals surface area contributed by atoms with Gasteiger partial charge in [0.15, 0.2) is 5.78 Å². The van der Waals surface area contributed by atoms with Crippen LogP contribution in [0.15, 0.2) is 18.2 Å². The number of hydrogen-bond donors (Lipinski definition) is 0. The second kappa shape index (κ2) is 4.41. The van der Waals surface area contributed by atoms with Gasteiger partial charge in [-0.1, -0.05) is 12.1 Å². The molecule has 0 aliphatic rings. The summed E-state index contributed by atoms with van der Waals surface area (Å²) in [6.45, 7) is 1.23. The Kier molecular flexibility index (Phi) is 3.57. The number of hydrogen-bond acceptors (Lipinski definition) is 1. The molecule has 0 radical (unpaired) electrons. The monoisotopic (exact) mass is 254 g/mol. The molecule has 0 N–H and O–H groups in total. The lowest BCUT2D eigenvalue weighted by Gasteiger charge is -2.13. The van der Waals surface area contributed by atoms with Crippen molar-refractivity contribution in [3.63, 3.8) is 0 Å². The molecule has 1 aromatic carbocycles. The van der Waals surface area contributed by atoms with Crippen molar-refractivity contribution >= 4 is 17.4 Å². The van der Waals surface area contributed by atoms with Crippen LogP contribution in [0.25, 0.3) is 0 Å². The summed E-state index contributed by atoms with van der Waals surface area (Å²) < 4.78 is 50.5. The lowest BCUT2D eigenvalue weighted by molar-refractivity contribution is -0.140. The van der Waals surface area contributed by atoms with E-state index in [-0.39, 0.29) is 0 Å². The number of alkyl halides is 4. The topological polar surface area (TPSA) is 17.1 Å². The average Bonchev–Trinajstić information content (AvgIpc) is 2.14. The van der Waals surface area contributed by atoms with Crippen molar-refractivity contribution in [3.05, 3.63) is 35.1 Å². The molecule has 1 nitrogen and oxygen atoms in total. The third kappa shape index (κ3) is 2.52. The summed E-state index contributed by atoms with van der Waals surface area (Å²) in [4.78, 5) is 11.4. The normalized spacial score (nSPS) is 13.6. The first-order chi connectivity index (χ1) is 7.25. The Hall–Kier alpha value is -1.10. The van der Waals surface area contributed by atoms with Crippen molar-refractivity contribution in [2.75, 3.05) is 0 Å². The summed E-state index contributed by atoms with van der Waals surface area (Å²) in [5.74, 6) is -2.43. The molecule has 0 saturated carbocycles. The van der Waals surface area contributed by atoms with E-state index in [9.17, 15) is 22.4 Å². The summed E-state index contributed by atoms with van der Waals surface area (Å²) in [5.41, 5.74) is -2.30. The molecule has 0 aliphatic carbocycles. The van der Waals surface area contributed by atoms with Crippen LogP contribution in [0.1, 0.15) is 22.8 Å². The zero-order valence-corrected chi connectivity index (χ0v) is 8.86. The van der Waals surface area contributed by atoms with Crippen LogP contribution in [-0.2, 0) is 6.18 Å². The molecule has 1 atom stereocenters. The van der Waals surface area contributed by atoms with E-state index in [1.165, 1.54) is 6.92 Å². The smallest absolute Gasteiger partial charge is 0.293 e. The minimum absolute atomic E-state index is 0.651. The molecular weight excluding hydrogens is 248 g/mol. The van der Waals surface area contributed by atoms with Crippen LogP contribution in [-0.4, -0.2) is 11.2 Å². The number of carbonyl (C=O) groups excluding carboxylic acids is 1. The van der Waals surface area contributed by atoms with Crippen molar-refractivity contribution in [1.29, 1.82) is 0 Å². The van der Waals surface area contributed by atoms with Crippen LogP contribution < -0.4 is 0 Å². The predicted molar refractivity (Wildman–Crippen MR) is 51.0 cm³/mol. The van der Waals surface area contributed by atoms with Gasteiger partial charge in [-0.15, -0.1) is 11.6 Å². The molecule has 1 aromatic rings. The molecule has 16 heavy (non-hydrogen) atoms. The van der Waals surface area contributed by atoms with Crippen LogP contribution in [0.2, 0.25) is 0 Å². The average molecular weight is 255 g/mol. The van der Waals surface area contributed by atoms with Gasteiger partial charge in [-0.05, 0) is 13.0 Å². The minimum atomic E-state index is -4.91. The molecule has 0 heterocycles. The molecule has 1 rings (SSSR count). The molecule has 0 aromatic heterocycles. The van der Waals surface area contributed by atoms with Gasteiger partial charge in [0.1, 0.15) is 11.4 Å². The molecule has 0 spiro atoms. The lowest BCUT2D eigenvalue weighted by Crippen LogP contribution is -2.19. The number of Topliss-reactive ketones (excluding diaryl/α,β-unsaturated/α-hetero) is 1. The van der Waals surface area contributed by atoms with E-state index in [4.69, 9.17) is 11.6 Å². The largest absolute Gasteiger partial charge is 0.419 e. The highest BCUT2D eigenvalue weighted by molar-refractivity contribution is 6.33. The maximum atomic E-state index is 13.1. The van der Waals surface area contributed by atoms with Crippen molar-refractivity contribution < 1.29 is 22.4 Å². The molecule has 0 amide bonds. The minimum Gasteiger partial charge on any atom is -0.293 e.